The van der Waals surface area contributed by atoms with Gasteiger partial charge in [0, 0.05) is 31.4 Å². The molecule has 0 radical (unpaired) electrons. The van der Waals surface area contributed by atoms with Crippen LogP contribution in [0.2, 0.25) is 0 Å². The summed E-state index contributed by atoms with van der Waals surface area (Å²) < 4.78 is 5.19. The number of nitrogens with zero attached hydrogens (tertiary/aromatic N) is 1. The van der Waals surface area contributed by atoms with Crippen molar-refractivity contribution in [1.29, 1.82) is 5.41 Å². The van der Waals surface area contributed by atoms with E-state index in [9.17, 15) is 14.9 Å². The molecule has 8 nitrogen and oxygen atoms in total. The number of nitro benzene ring substituents is 1. The molecule has 4 N–H and O–H groups in total. The highest BCUT2D eigenvalue weighted by molar-refractivity contribution is 5.94. The molecule has 1 unspecified atom stereocenters. The van der Waals surface area contributed by atoms with Gasteiger partial charge in [-0.05, 0) is 11.1 Å². The summed E-state index contributed by atoms with van der Waals surface area (Å²) in [7, 11) is 1.37. The predicted octanol–water partition coefficient (Wildman–Crippen LogP) is 1.88. The molecule has 1 atom stereocenters. The van der Waals surface area contributed by atoms with Crippen LogP contribution in [0.1, 0.15) is 22.8 Å². The summed E-state index contributed by atoms with van der Waals surface area (Å²) in [4.78, 5) is 22.7. The number of rotatable bonds is 7. The number of methoxy groups -OCH3 is 1. The molecule has 0 saturated heterocycles. The Bertz CT molecular complexity index is 789. The average molecular weight is 342 g/mol. The molecule has 1 amide bonds. The first-order chi connectivity index (χ1) is 11.9. The molecule has 0 aliphatic heterocycles. The summed E-state index contributed by atoms with van der Waals surface area (Å²) in [6.45, 7) is 0.256. The molecule has 2 rings (SSSR count). The molecule has 0 heterocycles. The average Bonchev–Trinajstić information content (AvgIpc) is 2.61. The number of nitrogen functional groups attached to an aromatic ring is 1. The molecule has 0 spiro atoms. The predicted molar refractivity (Wildman–Crippen MR) is 92.2 cm³/mol. The number of non-ortho nitro benzene ring substituents is 1. The Balaban J connectivity index is 2.06. The van der Waals surface area contributed by atoms with E-state index in [-0.39, 0.29) is 18.1 Å². The molecule has 0 fully saturated rings. The number of nitrogens with one attached hydrogen (secondary N) is 2. The number of amides is 1. The van der Waals surface area contributed by atoms with Crippen LogP contribution in [0, 0.1) is 15.5 Å². The van der Waals surface area contributed by atoms with Gasteiger partial charge < -0.3 is 15.8 Å². The molecule has 8 heteroatoms. The number of nitro groups is 1. The fraction of sp³-hybridized carbons (Fsp3) is 0.176. The van der Waals surface area contributed by atoms with Gasteiger partial charge in [0.15, 0.2) is 6.10 Å². The number of hydrogen-bond acceptors (Lipinski definition) is 5. The Morgan fingerprint density at radius 3 is 2.56 bits per heavy atom. The van der Waals surface area contributed by atoms with Crippen LogP contribution in [0.25, 0.3) is 0 Å². The lowest BCUT2D eigenvalue weighted by Gasteiger charge is -2.15. The quantitative estimate of drug-likeness (QED) is 0.306. The minimum Gasteiger partial charge on any atom is -0.384 e. The Hall–Kier alpha value is -3.26. The van der Waals surface area contributed by atoms with Crippen molar-refractivity contribution in [3.63, 3.8) is 0 Å². The lowest BCUT2D eigenvalue weighted by Crippen LogP contribution is -2.30. The second kappa shape index (κ2) is 8.02. The highest BCUT2D eigenvalue weighted by Gasteiger charge is 2.21. The maximum absolute atomic E-state index is 12.3. The monoisotopic (exact) mass is 342 g/mol. The Morgan fingerprint density at radius 1 is 1.32 bits per heavy atom. The fourth-order valence-electron chi connectivity index (χ4n) is 2.28. The third kappa shape index (κ3) is 4.61. The summed E-state index contributed by atoms with van der Waals surface area (Å²) in [5.74, 6) is -0.431. The number of nitrogens with two attached hydrogens (primary N) is 1. The van der Waals surface area contributed by atoms with Crippen molar-refractivity contribution in [3.05, 3.63) is 75.3 Å². The van der Waals surface area contributed by atoms with Gasteiger partial charge in [-0.25, -0.2) is 0 Å². The summed E-state index contributed by atoms with van der Waals surface area (Å²) >= 11 is 0. The first-order valence-corrected chi connectivity index (χ1v) is 7.40. The maximum Gasteiger partial charge on any atom is 0.269 e. The van der Waals surface area contributed by atoms with Crippen LogP contribution in [0.5, 0.6) is 0 Å². The lowest BCUT2D eigenvalue weighted by atomic mass is 10.1. The zero-order chi connectivity index (χ0) is 18.4. The van der Waals surface area contributed by atoms with Gasteiger partial charge in [0.1, 0.15) is 5.84 Å². The van der Waals surface area contributed by atoms with E-state index in [0.717, 1.165) is 5.56 Å². The smallest absolute Gasteiger partial charge is 0.269 e. The third-order valence-electron chi connectivity index (χ3n) is 3.59. The molecule has 2 aromatic carbocycles. The molecule has 0 aromatic heterocycles. The number of carbonyl (C=O) groups excluding carboxylic acids is 1. The van der Waals surface area contributed by atoms with Gasteiger partial charge in [-0.2, -0.15) is 0 Å². The van der Waals surface area contributed by atoms with Crippen molar-refractivity contribution < 1.29 is 14.5 Å². The van der Waals surface area contributed by atoms with Crippen molar-refractivity contribution >= 4 is 17.4 Å². The van der Waals surface area contributed by atoms with Crippen molar-refractivity contribution in [2.75, 3.05) is 7.11 Å². The molecule has 0 aliphatic carbocycles. The van der Waals surface area contributed by atoms with E-state index in [1.54, 1.807) is 30.3 Å². The molecular weight excluding hydrogens is 324 g/mol. The van der Waals surface area contributed by atoms with E-state index in [2.05, 4.69) is 5.32 Å². The number of benzene rings is 2. The molecular formula is C17H18N4O4. The van der Waals surface area contributed by atoms with Gasteiger partial charge in [-0.3, -0.25) is 20.3 Å². The van der Waals surface area contributed by atoms with Crippen LogP contribution < -0.4 is 11.1 Å². The zero-order valence-corrected chi connectivity index (χ0v) is 13.6. The van der Waals surface area contributed by atoms with Crippen LogP contribution in [-0.4, -0.2) is 23.8 Å². The molecule has 0 bridgehead atoms. The van der Waals surface area contributed by atoms with E-state index in [1.165, 1.54) is 25.3 Å². The van der Waals surface area contributed by atoms with Gasteiger partial charge in [0.25, 0.3) is 11.6 Å². The number of amidine groups is 1. The van der Waals surface area contributed by atoms with Crippen molar-refractivity contribution in [3.8, 4) is 0 Å². The van der Waals surface area contributed by atoms with Crippen molar-refractivity contribution in [2.45, 2.75) is 12.6 Å². The standard InChI is InChI=1S/C17H18N4O4/c1-25-15(13-3-2-4-14(9-13)21(23)24)17(22)20-10-11-5-7-12(8-6-11)16(18)19/h2-9,15H,10H2,1H3,(H3,18,19)(H,20,22). The highest BCUT2D eigenvalue weighted by atomic mass is 16.6. The van der Waals surface area contributed by atoms with Gasteiger partial charge in [0.05, 0.1) is 4.92 Å². The summed E-state index contributed by atoms with van der Waals surface area (Å²) in [5.41, 5.74) is 7.11. The van der Waals surface area contributed by atoms with Gasteiger partial charge in [-0.1, -0.05) is 36.4 Å². The van der Waals surface area contributed by atoms with Gasteiger partial charge in [-0.15, -0.1) is 0 Å². The van der Waals surface area contributed by atoms with Crippen LogP contribution in [-0.2, 0) is 16.1 Å². The van der Waals surface area contributed by atoms with Crippen LogP contribution in [0.15, 0.2) is 48.5 Å². The normalized spacial score (nSPS) is 11.6. The largest absolute Gasteiger partial charge is 0.384 e. The van der Waals surface area contributed by atoms with E-state index >= 15 is 0 Å². The summed E-state index contributed by atoms with van der Waals surface area (Å²) in [6.07, 6.45) is -0.948. The van der Waals surface area contributed by atoms with Crippen LogP contribution >= 0.6 is 0 Å². The molecule has 25 heavy (non-hydrogen) atoms. The van der Waals surface area contributed by atoms with E-state index < -0.39 is 16.9 Å². The molecule has 130 valence electrons. The zero-order valence-electron chi connectivity index (χ0n) is 13.6. The third-order valence-corrected chi connectivity index (χ3v) is 3.59. The first-order valence-electron chi connectivity index (χ1n) is 7.40. The second-order valence-electron chi connectivity index (χ2n) is 5.30. The molecule has 0 saturated carbocycles. The van der Waals surface area contributed by atoms with E-state index in [4.69, 9.17) is 15.9 Å². The topological polar surface area (TPSA) is 131 Å². The van der Waals surface area contributed by atoms with Crippen LogP contribution in [0.4, 0.5) is 5.69 Å². The fourth-order valence-corrected chi connectivity index (χ4v) is 2.28. The van der Waals surface area contributed by atoms with E-state index in [0.29, 0.717) is 11.1 Å². The highest BCUT2D eigenvalue weighted by Crippen LogP contribution is 2.22. The second-order valence-corrected chi connectivity index (χ2v) is 5.30. The first kappa shape index (κ1) is 18.1. The Kier molecular flexibility index (Phi) is 5.80. The lowest BCUT2D eigenvalue weighted by molar-refractivity contribution is -0.385. The van der Waals surface area contributed by atoms with Gasteiger partial charge >= 0.3 is 0 Å². The van der Waals surface area contributed by atoms with Crippen molar-refractivity contribution in [1.82, 2.24) is 5.32 Å². The molecule has 2 aromatic rings. The maximum atomic E-state index is 12.3. The number of ether oxygens (including phenoxy) is 1. The Morgan fingerprint density at radius 2 is 2.00 bits per heavy atom. The minimum atomic E-state index is -0.948. The minimum absolute atomic E-state index is 0.0271. The van der Waals surface area contributed by atoms with Crippen molar-refractivity contribution in [2.24, 2.45) is 5.73 Å². The summed E-state index contributed by atoms with van der Waals surface area (Å²) in [5, 5.41) is 20.9. The Labute approximate surface area is 144 Å². The SMILES string of the molecule is COC(C(=O)NCc1ccc(C(=N)N)cc1)c1cccc([N+](=O)[O-])c1. The van der Waals surface area contributed by atoms with E-state index in [1.807, 2.05) is 0 Å². The summed E-state index contributed by atoms with van der Waals surface area (Å²) in [6, 6.07) is 12.7. The number of carbonyl (C=O) groups is 1. The van der Waals surface area contributed by atoms with Gasteiger partial charge in [0.2, 0.25) is 0 Å². The van der Waals surface area contributed by atoms with Crippen LogP contribution in [0.3, 0.4) is 0 Å². The number of hydrogen-bond donors (Lipinski definition) is 3. The molecule has 0 aliphatic rings.